The van der Waals surface area contributed by atoms with E-state index in [1.165, 1.54) is 0 Å². The molecule has 4 rings (SSSR count). The van der Waals surface area contributed by atoms with E-state index in [0.717, 1.165) is 60.1 Å². The molecule has 0 spiro atoms. The summed E-state index contributed by atoms with van der Waals surface area (Å²) in [5.74, 6) is 0. The number of anilines is 2. The number of aryl methyl sites for hydroxylation is 2. The molecule has 0 saturated carbocycles. The second-order valence-electron chi connectivity index (χ2n) is 10.6. The van der Waals surface area contributed by atoms with Gasteiger partial charge in [0.2, 0.25) is 0 Å². The Labute approximate surface area is 269 Å². The monoisotopic (exact) mass is 628 g/mol. The minimum atomic E-state index is 0.0243. The third kappa shape index (κ3) is 11.1. The maximum Gasteiger partial charge on any atom is 0.171 e. The summed E-state index contributed by atoms with van der Waals surface area (Å²) < 4.78 is 4.28. The Kier molecular flexibility index (Phi) is 14.2. The van der Waals surface area contributed by atoms with Crippen molar-refractivity contribution < 1.29 is 29.6 Å². The van der Waals surface area contributed by atoms with Gasteiger partial charge in [0.15, 0.2) is 24.8 Å². The van der Waals surface area contributed by atoms with Gasteiger partial charge in [-0.05, 0) is 48.5 Å². The number of rotatable bonds is 19. The molecule has 0 atom stereocenters. The number of unbranched alkanes of at least 4 members (excludes halogenated alkanes) is 1. The number of hydrogen-bond donors (Lipinski definition) is 4. The van der Waals surface area contributed by atoms with Crippen molar-refractivity contribution in [2.24, 2.45) is 20.5 Å². The summed E-state index contributed by atoms with van der Waals surface area (Å²) in [5, 5.41) is 54.3. The molecule has 12 heteroatoms. The van der Waals surface area contributed by atoms with E-state index >= 15 is 0 Å². The number of hydrogen-bond acceptors (Lipinski definition) is 10. The number of aliphatic hydroxyl groups is 4. The second kappa shape index (κ2) is 19.0. The highest BCUT2D eigenvalue weighted by atomic mass is 16.3. The van der Waals surface area contributed by atoms with Crippen LogP contribution in [0.3, 0.4) is 0 Å². The molecule has 0 aliphatic rings. The zero-order valence-corrected chi connectivity index (χ0v) is 26.1. The van der Waals surface area contributed by atoms with Crippen LogP contribution in [0, 0.1) is 0 Å². The summed E-state index contributed by atoms with van der Waals surface area (Å²) in [7, 11) is 0. The first-order valence-corrected chi connectivity index (χ1v) is 15.6. The van der Waals surface area contributed by atoms with Crippen molar-refractivity contribution in [1.29, 1.82) is 0 Å². The van der Waals surface area contributed by atoms with Gasteiger partial charge < -0.3 is 30.2 Å². The molecule has 0 aliphatic carbocycles. The quantitative estimate of drug-likeness (QED) is 0.0698. The minimum Gasteiger partial charge on any atom is -0.395 e. The van der Waals surface area contributed by atoms with Gasteiger partial charge in [-0.15, -0.1) is 0 Å². The zero-order chi connectivity index (χ0) is 32.4. The number of benzene rings is 2. The Morgan fingerprint density at radius 3 is 0.978 bits per heavy atom. The fourth-order valence-electron chi connectivity index (χ4n) is 4.83. The molecule has 0 saturated heterocycles. The van der Waals surface area contributed by atoms with Gasteiger partial charge in [0.1, 0.15) is 13.1 Å². The molecule has 0 radical (unpaired) electrons. The van der Waals surface area contributed by atoms with E-state index in [1.54, 1.807) is 0 Å². The number of azo groups is 2. The maximum atomic E-state index is 9.23. The summed E-state index contributed by atoms with van der Waals surface area (Å²) >= 11 is 0. The summed E-state index contributed by atoms with van der Waals surface area (Å²) in [6, 6.07) is 22.9. The highest BCUT2D eigenvalue weighted by Crippen LogP contribution is 2.23. The molecule has 2 aromatic carbocycles. The van der Waals surface area contributed by atoms with Crippen LogP contribution in [0.25, 0.3) is 0 Å². The smallest absolute Gasteiger partial charge is 0.171 e. The summed E-state index contributed by atoms with van der Waals surface area (Å²) in [6.45, 7) is 3.75. The summed E-state index contributed by atoms with van der Waals surface area (Å²) in [5.41, 5.74) is 4.85. The second-order valence-corrected chi connectivity index (χ2v) is 10.6. The Balaban J connectivity index is 1.18. The van der Waals surface area contributed by atoms with Crippen molar-refractivity contribution in [2.45, 2.75) is 25.9 Å². The first-order valence-electron chi connectivity index (χ1n) is 15.6. The minimum absolute atomic E-state index is 0.0243. The summed E-state index contributed by atoms with van der Waals surface area (Å²) in [4.78, 5) is 3.83. The van der Waals surface area contributed by atoms with Crippen LogP contribution < -0.4 is 18.9 Å². The zero-order valence-electron chi connectivity index (χ0n) is 26.1. The van der Waals surface area contributed by atoms with Crippen molar-refractivity contribution in [3.05, 3.63) is 97.6 Å². The van der Waals surface area contributed by atoms with Crippen LogP contribution in [-0.2, 0) is 13.1 Å². The molecule has 0 aliphatic heterocycles. The fourth-order valence-corrected chi connectivity index (χ4v) is 4.83. The maximum absolute atomic E-state index is 9.23. The molecule has 0 bridgehead atoms. The molecule has 4 N–H and O–H groups in total. The molecule has 12 nitrogen and oxygen atoms in total. The van der Waals surface area contributed by atoms with Gasteiger partial charge >= 0.3 is 0 Å². The molecule has 0 amide bonds. The van der Waals surface area contributed by atoms with Gasteiger partial charge in [0, 0.05) is 74.7 Å². The Bertz CT molecular complexity index is 1360. The highest BCUT2D eigenvalue weighted by molar-refractivity contribution is 5.54. The van der Waals surface area contributed by atoms with E-state index in [0.29, 0.717) is 26.2 Å². The third-order valence-electron chi connectivity index (χ3n) is 7.30. The van der Waals surface area contributed by atoms with Crippen LogP contribution in [0.2, 0.25) is 0 Å². The number of aromatic nitrogens is 2. The molecule has 4 aromatic rings. The molecule has 2 heterocycles. The van der Waals surface area contributed by atoms with E-state index in [9.17, 15) is 20.4 Å². The lowest BCUT2D eigenvalue weighted by Gasteiger charge is -2.22. The SMILES string of the molecule is OCCN(CCO)c1ccc(/N=N/c2cc[n+](CCCC[n+]3ccc(/N=N/c4ccc(N(CCO)CCO)cc4)cc3)cc2)cc1. The lowest BCUT2D eigenvalue weighted by Crippen LogP contribution is -2.35. The van der Waals surface area contributed by atoms with E-state index in [-0.39, 0.29) is 26.4 Å². The topological polar surface area (TPSA) is 145 Å². The van der Waals surface area contributed by atoms with Gasteiger partial charge in [-0.2, -0.15) is 20.5 Å². The van der Waals surface area contributed by atoms with Crippen LogP contribution in [-0.4, -0.2) is 73.0 Å². The van der Waals surface area contributed by atoms with E-state index in [2.05, 4.69) is 29.6 Å². The van der Waals surface area contributed by atoms with Crippen molar-refractivity contribution in [1.82, 2.24) is 0 Å². The number of nitrogens with zero attached hydrogens (tertiary/aromatic N) is 8. The first-order chi connectivity index (χ1) is 22.6. The largest absolute Gasteiger partial charge is 0.395 e. The van der Waals surface area contributed by atoms with E-state index in [4.69, 9.17) is 0 Å². The van der Waals surface area contributed by atoms with Gasteiger partial charge in [0.05, 0.1) is 49.2 Å². The molecule has 2 aromatic heterocycles. The average Bonchev–Trinajstić information content (AvgIpc) is 3.10. The summed E-state index contributed by atoms with van der Waals surface area (Å²) in [6.07, 6.45) is 10.1. The molecule has 46 heavy (non-hydrogen) atoms. The number of aliphatic hydroxyl groups excluding tert-OH is 4. The normalized spacial score (nSPS) is 11.5. The first kappa shape index (κ1) is 34.3. The molecular weight excluding hydrogens is 584 g/mol. The Morgan fingerprint density at radius 1 is 0.413 bits per heavy atom. The lowest BCUT2D eigenvalue weighted by atomic mass is 10.2. The van der Waals surface area contributed by atoms with Crippen molar-refractivity contribution in [3.8, 4) is 0 Å². The van der Waals surface area contributed by atoms with Crippen molar-refractivity contribution in [3.63, 3.8) is 0 Å². The van der Waals surface area contributed by atoms with Crippen LogP contribution in [0.4, 0.5) is 34.1 Å². The van der Waals surface area contributed by atoms with Gasteiger partial charge in [-0.3, -0.25) is 0 Å². The van der Waals surface area contributed by atoms with E-state index < -0.39 is 0 Å². The van der Waals surface area contributed by atoms with Crippen LogP contribution >= 0.6 is 0 Å². The van der Waals surface area contributed by atoms with Crippen molar-refractivity contribution in [2.75, 3.05) is 62.4 Å². The lowest BCUT2D eigenvalue weighted by molar-refractivity contribution is -0.708. The third-order valence-corrected chi connectivity index (χ3v) is 7.30. The standard InChI is InChI=1S/C34H44N8O4/c43-25-21-41(22-26-44)33-7-3-29(4-8-33)35-37-31-11-17-39(18-12-31)15-1-2-16-40-19-13-32(14-20-40)38-36-30-5-9-34(10-6-30)42(23-27-45)24-28-46/h3-14,17-20,43-46H,1-2,15-16,21-28H2/q+2. The molecule has 0 unspecified atom stereocenters. The van der Waals surface area contributed by atoms with Crippen molar-refractivity contribution >= 4 is 34.1 Å². The van der Waals surface area contributed by atoms with Gasteiger partial charge in [-0.25, -0.2) is 9.13 Å². The van der Waals surface area contributed by atoms with Gasteiger partial charge in [-0.1, -0.05) is 0 Å². The van der Waals surface area contributed by atoms with Crippen LogP contribution in [0.5, 0.6) is 0 Å². The van der Waals surface area contributed by atoms with Crippen LogP contribution in [0.1, 0.15) is 12.8 Å². The average molecular weight is 629 g/mol. The predicted molar refractivity (Wildman–Crippen MR) is 177 cm³/mol. The number of pyridine rings is 2. The van der Waals surface area contributed by atoms with E-state index in [1.807, 2.05) is 107 Å². The fraction of sp³-hybridized carbons (Fsp3) is 0.353. The molecular formula is C34H44N8O4+2. The molecule has 242 valence electrons. The Morgan fingerprint density at radius 2 is 0.696 bits per heavy atom. The Hall–Kier alpha value is -4.62. The predicted octanol–water partition coefficient (Wildman–Crippen LogP) is 4.15. The van der Waals surface area contributed by atoms with Gasteiger partial charge in [0.25, 0.3) is 0 Å². The highest BCUT2D eigenvalue weighted by Gasteiger charge is 2.08. The van der Waals surface area contributed by atoms with Crippen LogP contribution in [0.15, 0.2) is 118 Å². The molecule has 0 fully saturated rings.